The Morgan fingerprint density at radius 2 is 2.00 bits per heavy atom. The third-order valence-corrected chi connectivity index (χ3v) is 2.47. The monoisotopic (exact) mass is 294 g/mol. The van der Waals surface area contributed by atoms with Crippen LogP contribution in [0.2, 0.25) is 0 Å². The van der Waals surface area contributed by atoms with Gasteiger partial charge in [-0.1, -0.05) is 6.92 Å². The Kier molecular flexibility index (Phi) is 6.66. The summed E-state index contributed by atoms with van der Waals surface area (Å²) in [6.45, 7) is 2.70. The Balaban J connectivity index is 2.41. The van der Waals surface area contributed by atoms with Crippen molar-refractivity contribution in [1.29, 1.82) is 0 Å². The number of urea groups is 1. The number of nitrogens with zero attached hydrogens (tertiary/aromatic N) is 1. The van der Waals surface area contributed by atoms with Crippen molar-refractivity contribution < 1.29 is 19.5 Å². The molecule has 0 saturated heterocycles. The van der Waals surface area contributed by atoms with Crippen molar-refractivity contribution in [1.82, 2.24) is 15.6 Å². The molecule has 4 N–H and O–H groups in total. The minimum Gasteiger partial charge on any atom is -0.476 e. The summed E-state index contributed by atoms with van der Waals surface area (Å²) in [5, 5.41) is 16.5. The number of hydrogen-bond donors (Lipinski definition) is 4. The lowest BCUT2D eigenvalue weighted by molar-refractivity contribution is -0.120. The van der Waals surface area contributed by atoms with E-state index in [1.54, 1.807) is 0 Å². The number of amides is 3. The van der Waals surface area contributed by atoms with E-state index in [-0.39, 0.29) is 30.3 Å². The predicted molar refractivity (Wildman–Crippen MR) is 76.1 cm³/mol. The first-order chi connectivity index (χ1) is 10.0. The molecule has 0 aromatic carbocycles. The maximum absolute atomic E-state index is 11.6. The number of carbonyl (C=O) groups is 3. The van der Waals surface area contributed by atoms with Crippen LogP contribution in [0.5, 0.6) is 0 Å². The number of rotatable bonds is 7. The summed E-state index contributed by atoms with van der Waals surface area (Å²) in [6, 6.07) is 2.36. The Morgan fingerprint density at radius 3 is 2.67 bits per heavy atom. The molecular formula is C13H18N4O4. The van der Waals surface area contributed by atoms with E-state index in [0.717, 1.165) is 6.42 Å². The van der Waals surface area contributed by atoms with Crippen LogP contribution in [0.25, 0.3) is 0 Å². The number of pyridine rings is 1. The van der Waals surface area contributed by atoms with Gasteiger partial charge >= 0.3 is 12.0 Å². The zero-order valence-electron chi connectivity index (χ0n) is 11.7. The second-order valence-electron chi connectivity index (χ2n) is 4.19. The molecule has 0 unspecified atom stereocenters. The van der Waals surface area contributed by atoms with Gasteiger partial charge in [-0.3, -0.25) is 4.79 Å². The highest BCUT2D eigenvalue weighted by atomic mass is 16.4. The number of aromatic nitrogens is 1. The first-order valence-electron chi connectivity index (χ1n) is 6.54. The standard InChI is InChI=1S/C13H18N4O4/c1-2-6-14-10(18)5-8-16-13(21)17-9-4-3-7-15-11(9)12(19)20/h3-4,7H,2,5-6,8H2,1H3,(H,14,18)(H,19,20)(H2,16,17,21). The van der Waals surface area contributed by atoms with Crippen molar-refractivity contribution in [2.75, 3.05) is 18.4 Å². The van der Waals surface area contributed by atoms with Crippen LogP contribution in [0.4, 0.5) is 10.5 Å². The molecule has 1 aromatic rings. The number of anilines is 1. The average molecular weight is 294 g/mol. The minimum absolute atomic E-state index is 0.0953. The van der Waals surface area contributed by atoms with Crippen LogP contribution >= 0.6 is 0 Å². The fourth-order valence-electron chi connectivity index (χ4n) is 1.49. The summed E-state index contributed by atoms with van der Waals surface area (Å²) in [5.74, 6) is -1.38. The second kappa shape index (κ2) is 8.51. The molecule has 0 saturated carbocycles. The van der Waals surface area contributed by atoms with Crippen molar-refractivity contribution in [2.24, 2.45) is 0 Å². The third-order valence-electron chi connectivity index (χ3n) is 2.47. The fraction of sp³-hybridized carbons (Fsp3) is 0.385. The smallest absolute Gasteiger partial charge is 0.356 e. The quantitative estimate of drug-likeness (QED) is 0.593. The van der Waals surface area contributed by atoms with Gasteiger partial charge in [-0.05, 0) is 18.6 Å². The van der Waals surface area contributed by atoms with Gasteiger partial charge in [0, 0.05) is 25.7 Å². The van der Waals surface area contributed by atoms with Crippen molar-refractivity contribution in [3.63, 3.8) is 0 Å². The van der Waals surface area contributed by atoms with Crippen LogP contribution in [0.1, 0.15) is 30.3 Å². The molecular weight excluding hydrogens is 276 g/mol. The molecule has 0 fully saturated rings. The van der Waals surface area contributed by atoms with Gasteiger partial charge in [-0.15, -0.1) is 0 Å². The van der Waals surface area contributed by atoms with E-state index >= 15 is 0 Å². The number of aromatic carboxylic acids is 1. The van der Waals surface area contributed by atoms with Gasteiger partial charge in [0.2, 0.25) is 5.91 Å². The molecule has 0 spiro atoms. The van der Waals surface area contributed by atoms with E-state index in [4.69, 9.17) is 5.11 Å². The molecule has 8 heteroatoms. The van der Waals surface area contributed by atoms with E-state index in [1.807, 2.05) is 6.92 Å². The molecule has 21 heavy (non-hydrogen) atoms. The third kappa shape index (κ3) is 5.89. The van der Waals surface area contributed by atoms with E-state index in [0.29, 0.717) is 6.54 Å². The SMILES string of the molecule is CCCNC(=O)CCNC(=O)Nc1cccnc1C(=O)O. The Morgan fingerprint density at radius 1 is 1.24 bits per heavy atom. The van der Waals surface area contributed by atoms with Gasteiger partial charge < -0.3 is 21.1 Å². The van der Waals surface area contributed by atoms with Crippen molar-refractivity contribution in [2.45, 2.75) is 19.8 Å². The molecule has 1 aromatic heterocycles. The van der Waals surface area contributed by atoms with Crippen molar-refractivity contribution in [3.8, 4) is 0 Å². The minimum atomic E-state index is -1.23. The lowest BCUT2D eigenvalue weighted by atomic mass is 10.3. The molecule has 1 heterocycles. The summed E-state index contributed by atoms with van der Waals surface area (Å²) in [6.07, 6.45) is 2.33. The van der Waals surface area contributed by atoms with Crippen LogP contribution in [0.15, 0.2) is 18.3 Å². The van der Waals surface area contributed by atoms with Gasteiger partial charge in [0.25, 0.3) is 0 Å². The molecule has 0 aliphatic rings. The number of nitrogens with one attached hydrogen (secondary N) is 3. The molecule has 114 valence electrons. The Bertz CT molecular complexity index is 519. The maximum atomic E-state index is 11.6. The normalized spacial score (nSPS) is 9.76. The van der Waals surface area contributed by atoms with Gasteiger partial charge in [-0.2, -0.15) is 0 Å². The highest BCUT2D eigenvalue weighted by Crippen LogP contribution is 2.11. The van der Waals surface area contributed by atoms with E-state index in [1.165, 1.54) is 18.3 Å². The maximum Gasteiger partial charge on any atom is 0.356 e. The van der Waals surface area contributed by atoms with E-state index in [2.05, 4.69) is 20.9 Å². The number of carboxylic acid groups (broad SMARTS) is 1. The topological polar surface area (TPSA) is 120 Å². The van der Waals surface area contributed by atoms with E-state index < -0.39 is 12.0 Å². The van der Waals surface area contributed by atoms with Gasteiger partial charge in [-0.25, -0.2) is 14.6 Å². The molecule has 0 atom stereocenters. The summed E-state index contributed by atoms with van der Waals surface area (Å²) in [4.78, 5) is 37.5. The molecule has 8 nitrogen and oxygen atoms in total. The molecule has 0 aliphatic carbocycles. The summed E-state index contributed by atoms with van der Waals surface area (Å²) in [7, 11) is 0. The molecule has 0 aliphatic heterocycles. The van der Waals surface area contributed by atoms with Crippen LogP contribution in [0.3, 0.4) is 0 Å². The fourth-order valence-corrected chi connectivity index (χ4v) is 1.49. The van der Waals surface area contributed by atoms with Crippen LogP contribution in [-0.4, -0.2) is 41.1 Å². The van der Waals surface area contributed by atoms with Crippen LogP contribution in [0, 0.1) is 0 Å². The summed E-state index contributed by atoms with van der Waals surface area (Å²) < 4.78 is 0. The zero-order valence-corrected chi connectivity index (χ0v) is 11.7. The van der Waals surface area contributed by atoms with Crippen molar-refractivity contribution in [3.05, 3.63) is 24.0 Å². The van der Waals surface area contributed by atoms with Gasteiger partial charge in [0.05, 0.1) is 5.69 Å². The summed E-state index contributed by atoms with van der Waals surface area (Å²) >= 11 is 0. The highest BCUT2D eigenvalue weighted by molar-refractivity contribution is 5.98. The first kappa shape index (κ1) is 16.4. The number of hydrogen-bond acceptors (Lipinski definition) is 4. The highest BCUT2D eigenvalue weighted by Gasteiger charge is 2.13. The number of carboxylic acids is 1. The van der Waals surface area contributed by atoms with E-state index in [9.17, 15) is 14.4 Å². The first-order valence-corrected chi connectivity index (χ1v) is 6.54. The summed E-state index contributed by atoms with van der Waals surface area (Å²) in [5.41, 5.74) is -0.147. The second-order valence-corrected chi connectivity index (χ2v) is 4.19. The molecule has 0 bridgehead atoms. The van der Waals surface area contributed by atoms with Crippen molar-refractivity contribution >= 4 is 23.6 Å². The molecule has 3 amide bonds. The molecule has 0 radical (unpaired) electrons. The predicted octanol–water partition coefficient (Wildman–Crippen LogP) is 0.818. The van der Waals surface area contributed by atoms with Crippen LogP contribution in [-0.2, 0) is 4.79 Å². The zero-order chi connectivity index (χ0) is 15.7. The lowest BCUT2D eigenvalue weighted by Gasteiger charge is -2.09. The largest absolute Gasteiger partial charge is 0.476 e. The average Bonchev–Trinajstić information content (AvgIpc) is 2.45. The van der Waals surface area contributed by atoms with Gasteiger partial charge in [0.15, 0.2) is 5.69 Å². The number of carbonyl (C=O) groups excluding carboxylic acids is 2. The lowest BCUT2D eigenvalue weighted by Crippen LogP contribution is -2.34. The Labute approximate surface area is 121 Å². The van der Waals surface area contributed by atoms with Gasteiger partial charge in [0.1, 0.15) is 0 Å². The van der Waals surface area contributed by atoms with Crippen LogP contribution < -0.4 is 16.0 Å². The Hall–Kier alpha value is -2.64. The molecule has 1 rings (SSSR count).